The normalized spacial score (nSPS) is 18.4. The Morgan fingerprint density at radius 2 is 1.85 bits per heavy atom. The lowest BCUT2D eigenvalue weighted by molar-refractivity contribution is -0.129. The third-order valence-corrected chi connectivity index (χ3v) is 5.61. The molecule has 0 radical (unpaired) electrons. The topological polar surface area (TPSA) is 50.8 Å². The Hall–Kier alpha value is -2.69. The van der Waals surface area contributed by atoms with Gasteiger partial charge < -0.3 is 19.7 Å². The predicted octanol–water partition coefficient (Wildman–Crippen LogP) is 3.41. The van der Waals surface area contributed by atoms with Crippen molar-refractivity contribution in [3.8, 4) is 11.5 Å². The standard InChI is InChI=1S/C22H26N2O3/c1-26-20-7-4-15(13-21(20)27-2)11-18-6-8-22(25)24(18)14-16-3-5-17-9-10-23-19(17)12-16/h3-5,7,12-13,18,23H,6,8-11,14H2,1-2H3. The third kappa shape index (κ3) is 3.59. The largest absolute Gasteiger partial charge is 0.493 e. The Morgan fingerprint density at radius 1 is 1.04 bits per heavy atom. The first-order valence-electron chi connectivity index (χ1n) is 9.54. The van der Waals surface area contributed by atoms with E-state index in [0.29, 0.717) is 13.0 Å². The number of rotatable bonds is 6. The molecule has 0 aliphatic carbocycles. The molecule has 27 heavy (non-hydrogen) atoms. The zero-order chi connectivity index (χ0) is 18.8. The molecular weight excluding hydrogens is 340 g/mol. The molecular formula is C22H26N2O3. The Kier molecular flexibility index (Phi) is 4.92. The van der Waals surface area contributed by atoms with Crippen molar-refractivity contribution in [3.05, 3.63) is 53.1 Å². The molecule has 2 aromatic rings. The number of carbonyl (C=O) groups is 1. The highest BCUT2D eigenvalue weighted by Gasteiger charge is 2.31. The summed E-state index contributed by atoms with van der Waals surface area (Å²) in [6, 6.07) is 12.8. The van der Waals surface area contributed by atoms with Crippen molar-refractivity contribution in [2.45, 2.75) is 38.3 Å². The van der Waals surface area contributed by atoms with Crippen LogP contribution in [0, 0.1) is 0 Å². The summed E-state index contributed by atoms with van der Waals surface area (Å²) < 4.78 is 10.7. The summed E-state index contributed by atoms with van der Waals surface area (Å²) in [6.45, 7) is 1.68. The molecule has 1 fully saturated rings. The van der Waals surface area contributed by atoms with Crippen LogP contribution in [0.25, 0.3) is 0 Å². The summed E-state index contributed by atoms with van der Waals surface area (Å²) in [6.07, 6.45) is 3.44. The summed E-state index contributed by atoms with van der Waals surface area (Å²) in [5.74, 6) is 1.70. The second kappa shape index (κ2) is 7.51. The Bertz CT molecular complexity index is 849. The van der Waals surface area contributed by atoms with Gasteiger partial charge in [-0.3, -0.25) is 4.79 Å². The number of nitrogens with zero attached hydrogens (tertiary/aromatic N) is 1. The molecule has 2 aromatic carbocycles. The first-order valence-corrected chi connectivity index (χ1v) is 9.54. The van der Waals surface area contributed by atoms with Crippen LogP contribution in [0.5, 0.6) is 11.5 Å². The van der Waals surface area contributed by atoms with Crippen molar-refractivity contribution in [2.75, 3.05) is 26.1 Å². The van der Waals surface area contributed by atoms with Crippen molar-refractivity contribution in [2.24, 2.45) is 0 Å². The zero-order valence-electron chi connectivity index (χ0n) is 16.0. The maximum atomic E-state index is 12.5. The highest BCUT2D eigenvalue weighted by Crippen LogP contribution is 2.31. The second-order valence-electron chi connectivity index (χ2n) is 7.28. The average Bonchev–Trinajstić information content (AvgIpc) is 3.29. The monoisotopic (exact) mass is 366 g/mol. The maximum absolute atomic E-state index is 12.5. The highest BCUT2D eigenvalue weighted by molar-refractivity contribution is 5.79. The van der Waals surface area contributed by atoms with Crippen LogP contribution in [0.1, 0.15) is 29.5 Å². The van der Waals surface area contributed by atoms with E-state index in [2.05, 4.69) is 29.6 Å². The Balaban J connectivity index is 1.50. The molecule has 0 spiro atoms. The number of ether oxygens (including phenoxy) is 2. The molecule has 1 saturated heterocycles. The van der Waals surface area contributed by atoms with Crippen LogP contribution < -0.4 is 14.8 Å². The average molecular weight is 366 g/mol. The van der Waals surface area contributed by atoms with E-state index in [9.17, 15) is 4.79 Å². The highest BCUT2D eigenvalue weighted by atomic mass is 16.5. The van der Waals surface area contributed by atoms with Crippen molar-refractivity contribution >= 4 is 11.6 Å². The molecule has 1 N–H and O–H groups in total. The molecule has 0 saturated carbocycles. The first-order chi connectivity index (χ1) is 13.2. The van der Waals surface area contributed by atoms with Gasteiger partial charge in [-0.2, -0.15) is 0 Å². The fraction of sp³-hybridized carbons (Fsp3) is 0.409. The minimum Gasteiger partial charge on any atom is -0.493 e. The molecule has 5 heteroatoms. The fourth-order valence-electron chi connectivity index (χ4n) is 4.14. The number of fused-ring (bicyclic) bond motifs is 1. The van der Waals surface area contributed by atoms with Gasteiger partial charge in [-0.25, -0.2) is 0 Å². The van der Waals surface area contributed by atoms with Crippen molar-refractivity contribution < 1.29 is 14.3 Å². The van der Waals surface area contributed by atoms with E-state index in [-0.39, 0.29) is 11.9 Å². The minimum atomic E-state index is 0.219. The van der Waals surface area contributed by atoms with Crippen LogP contribution in [-0.4, -0.2) is 37.6 Å². The van der Waals surface area contributed by atoms with Crippen LogP contribution in [0.3, 0.4) is 0 Å². The van der Waals surface area contributed by atoms with Crippen LogP contribution in [0.4, 0.5) is 5.69 Å². The zero-order valence-corrected chi connectivity index (χ0v) is 16.0. The molecule has 2 aliphatic heterocycles. The summed E-state index contributed by atoms with van der Waals surface area (Å²) in [4.78, 5) is 14.5. The van der Waals surface area contributed by atoms with E-state index >= 15 is 0 Å². The Labute approximate surface area is 160 Å². The quantitative estimate of drug-likeness (QED) is 0.851. The van der Waals surface area contributed by atoms with Crippen molar-refractivity contribution in [3.63, 3.8) is 0 Å². The van der Waals surface area contributed by atoms with Crippen LogP contribution in [0.2, 0.25) is 0 Å². The lowest BCUT2D eigenvalue weighted by atomic mass is 10.0. The molecule has 0 aromatic heterocycles. The molecule has 1 amide bonds. The van der Waals surface area contributed by atoms with Gasteiger partial charge in [0, 0.05) is 31.2 Å². The number of amides is 1. The van der Waals surface area contributed by atoms with Gasteiger partial charge in [0.05, 0.1) is 14.2 Å². The molecule has 142 valence electrons. The van der Waals surface area contributed by atoms with Gasteiger partial charge in [0.15, 0.2) is 11.5 Å². The van der Waals surface area contributed by atoms with E-state index in [0.717, 1.165) is 42.9 Å². The number of methoxy groups -OCH3 is 2. The molecule has 1 atom stereocenters. The van der Waals surface area contributed by atoms with E-state index in [1.54, 1.807) is 14.2 Å². The molecule has 2 aliphatic rings. The summed E-state index contributed by atoms with van der Waals surface area (Å²) in [5, 5.41) is 3.42. The van der Waals surface area contributed by atoms with Gasteiger partial charge in [-0.05, 0) is 54.2 Å². The second-order valence-corrected chi connectivity index (χ2v) is 7.28. The maximum Gasteiger partial charge on any atom is 0.223 e. The van der Waals surface area contributed by atoms with Crippen LogP contribution >= 0.6 is 0 Å². The lowest BCUT2D eigenvalue weighted by Crippen LogP contribution is -2.33. The van der Waals surface area contributed by atoms with E-state index in [1.807, 2.05) is 17.0 Å². The van der Waals surface area contributed by atoms with E-state index < -0.39 is 0 Å². The van der Waals surface area contributed by atoms with E-state index in [1.165, 1.54) is 16.8 Å². The van der Waals surface area contributed by atoms with Crippen molar-refractivity contribution in [1.82, 2.24) is 4.90 Å². The number of hydrogen-bond donors (Lipinski definition) is 1. The Morgan fingerprint density at radius 3 is 2.67 bits per heavy atom. The smallest absolute Gasteiger partial charge is 0.223 e. The molecule has 4 rings (SSSR count). The summed E-state index contributed by atoms with van der Waals surface area (Å²) in [7, 11) is 3.29. The van der Waals surface area contributed by atoms with Crippen LogP contribution in [0.15, 0.2) is 36.4 Å². The SMILES string of the molecule is COc1ccc(CC2CCC(=O)N2Cc2ccc3c(c2)NCC3)cc1OC. The molecule has 1 unspecified atom stereocenters. The number of nitrogens with one attached hydrogen (secondary N) is 1. The molecule has 5 nitrogen and oxygen atoms in total. The van der Waals surface area contributed by atoms with Gasteiger partial charge in [0.25, 0.3) is 0 Å². The summed E-state index contributed by atoms with van der Waals surface area (Å²) in [5.41, 5.74) is 4.94. The van der Waals surface area contributed by atoms with Gasteiger partial charge in [0.1, 0.15) is 0 Å². The van der Waals surface area contributed by atoms with Gasteiger partial charge in [-0.1, -0.05) is 18.2 Å². The minimum absolute atomic E-state index is 0.219. The lowest BCUT2D eigenvalue weighted by Gasteiger charge is -2.25. The number of likely N-dealkylation sites (tertiary alicyclic amines) is 1. The number of hydrogen-bond acceptors (Lipinski definition) is 4. The number of benzene rings is 2. The van der Waals surface area contributed by atoms with Gasteiger partial charge in [-0.15, -0.1) is 0 Å². The molecule has 0 bridgehead atoms. The van der Waals surface area contributed by atoms with Gasteiger partial charge >= 0.3 is 0 Å². The summed E-state index contributed by atoms with van der Waals surface area (Å²) >= 11 is 0. The first kappa shape index (κ1) is 17.7. The number of carbonyl (C=O) groups excluding carboxylic acids is 1. The number of anilines is 1. The van der Waals surface area contributed by atoms with Crippen LogP contribution in [-0.2, 0) is 24.2 Å². The van der Waals surface area contributed by atoms with Crippen molar-refractivity contribution in [1.29, 1.82) is 0 Å². The third-order valence-electron chi connectivity index (χ3n) is 5.61. The molecule has 2 heterocycles. The van der Waals surface area contributed by atoms with E-state index in [4.69, 9.17) is 9.47 Å². The fourth-order valence-corrected chi connectivity index (χ4v) is 4.14. The van der Waals surface area contributed by atoms with Gasteiger partial charge in [0.2, 0.25) is 5.91 Å². The predicted molar refractivity (Wildman–Crippen MR) is 105 cm³/mol.